The van der Waals surface area contributed by atoms with Gasteiger partial charge in [-0.2, -0.15) is 15.1 Å². The Morgan fingerprint density at radius 3 is 3.11 bits per heavy atom. The van der Waals surface area contributed by atoms with E-state index in [2.05, 4.69) is 25.5 Å². The second kappa shape index (κ2) is 4.41. The van der Waals surface area contributed by atoms with Crippen LogP contribution in [0.2, 0.25) is 0 Å². The highest BCUT2D eigenvalue weighted by Gasteiger charge is 2.25. The van der Waals surface area contributed by atoms with E-state index in [1.165, 1.54) is 0 Å². The summed E-state index contributed by atoms with van der Waals surface area (Å²) in [5.41, 5.74) is 6.26. The minimum atomic E-state index is -0.212. The van der Waals surface area contributed by atoms with Crippen molar-refractivity contribution in [1.82, 2.24) is 20.2 Å². The molecule has 96 valence electrons. The van der Waals surface area contributed by atoms with Crippen molar-refractivity contribution in [2.45, 2.75) is 25.4 Å². The molecule has 2 heterocycles. The topological polar surface area (TPSA) is 113 Å². The average molecular weight is 248 g/mol. The molecule has 1 fully saturated rings. The first-order valence-corrected chi connectivity index (χ1v) is 6.12. The molecule has 0 aliphatic heterocycles. The minimum Gasteiger partial charge on any atom is -0.393 e. The highest BCUT2D eigenvalue weighted by atomic mass is 16.3. The smallest absolute Gasteiger partial charge is 0.224 e. The molecular weight excluding hydrogens is 232 g/mol. The van der Waals surface area contributed by atoms with E-state index in [-0.39, 0.29) is 18.0 Å². The third kappa shape index (κ3) is 1.97. The van der Waals surface area contributed by atoms with Gasteiger partial charge in [0.2, 0.25) is 5.95 Å². The van der Waals surface area contributed by atoms with Crippen molar-refractivity contribution in [1.29, 1.82) is 0 Å². The number of aliphatic hydroxyl groups is 1. The average Bonchev–Trinajstić information content (AvgIpc) is 2.94. The van der Waals surface area contributed by atoms with Gasteiger partial charge in [0.1, 0.15) is 5.82 Å². The predicted molar refractivity (Wildman–Crippen MR) is 67.9 cm³/mol. The quantitative estimate of drug-likeness (QED) is 0.629. The zero-order valence-corrected chi connectivity index (χ0v) is 9.93. The molecule has 18 heavy (non-hydrogen) atoms. The summed E-state index contributed by atoms with van der Waals surface area (Å²) >= 11 is 0. The van der Waals surface area contributed by atoms with E-state index in [1.54, 1.807) is 6.20 Å². The van der Waals surface area contributed by atoms with Gasteiger partial charge in [-0.1, -0.05) is 6.42 Å². The monoisotopic (exact) mass is 248 g/mol. The van der Waals surface area contributed by atoms with Gasteiger partial charge in [-0.3, -0.25) is 5.10 Å². The molecule has 0 saturated heterocycles. The van der Waals surface area contributed by atoms with Crippen LogP contribution in [0.3, 0.4) is 0 Å². The summed E-state index contributed by atoms with van der Waals surface area (Å²) in [6.45, 7) is 0.692. The number of nitrogens with two attached hydrogens (primary N) is 1. The Hall–Kier alpha value is -1.89. The number of aromatic amines is 1. The molecule has 3 rings (SSSR count). The third-order valence-corrected chi connectivity index (χ3v) is 3.48. The number of nitrogens with one attached hydrogen (secondary N) is 2. The standard InChI is InChI=1S/C11H16N6O/c12-11-15-9(7-5-14-17-10(7)16-11)13-4-6-2-1-3-8(6)18/h5-6,8,18H,1-4H2,(H4,12,13,14,15,16,17). The largest absolute Gasteiger partial charge is 0.393 e. The predicted octanol–water partition coefficient (Wildman–Crippen LogP) is 0.508. The molecule has 0 aromatic carbocycles. The SMILES string of the molecule is Nc1nc(NCC2CCCC2O)c2cn[nH]c2n1. The maximum atomic E-state index is 9.78. The summed E-state index contributed by atoms with van der Waals surface area (Å²) < 4.78 is 0. The normalized spacial score (nSPS) is 23.6. The van der Waals surface area contributed by atoms with Gasteiger partial charge in [0.15, 0.2) is 5.65 Å². The third-order valence-electron chi connectivity index (χ3n) is 3.48. The lowest BCUT2D eigenvalue weighted by Crippen LogP contribution is -2.22. The second-order valence-corrected chi connectivity index (χ2v) is 4.70. The van der Waals surface area contributed by atoms with Crippen molar-refractivity contribution in [3.05, 3.63) is 6.20 Å². The van der Waals surface area contributed by atoms with Crippen LogP contribution in [0.5, 0.6) is 0 Å². The molecule has 0 amide bonds. The number of aliphatic hydroxyl groups excluding tert-OH is 1. The molecule has 1 saturated carbocycles. The van der Waals surface area contributed by atoms with Crippen LogP contribution < -0.4 is 11.1 Å². The van der Waals surface area contributed by atoms with Gasteiger partial charge in [-0.15, -0.1) is 0 Å². The Morgan fingerprint density at radius 1 is 1.44 bits per heavy atom. The van der Waals surface area contributed by atoms with Gasteiger partial charge < -0.3 is 16.2 Å². The van der Waals surface area contributed by atoms with Gasteiger partial charge in [0.25, 0.3) is 0 Å². The number of aromatic nitrogens is 4. The first kappa shape index (κ1) is 11.2. The summed E-state index contributed by atoms with van der Waals surface area (Å²) in [4.78, 5) is 8.22. The Labute approximate surface area is 104 Å². The van der Waals surface area contributed by atoms with Gasteiger partial charge in [0.05, 0.1) is 17.7 Å². The van der Waals surface area contributed by atoms with Crippen molar-refractivity contribution < 1.29 is 5.11 Å². The van der Waals surface area contributed by atoms with E-state index >= 15 is 0 Å². The van der Waals surface area contributed by atoms with E-state index in [0.29, 0.717) is 18.0 Å². The molecule has 0 radical (unpaired) electrons. The number of nitrogens with zero attached hydrogens (tertiary/aromatic N) is 3. The van der Waals surface area contributed by atoms with Crippen LogP contribution in [-0.4, -0.2) is 37.9 Å². The summed E-state index contributed by atoms with van der Waals surface area (Å²) in [7, 11) is 0. The van der Waals surface area contributed by atoms with Crippen LogP contribution in [0, 0.1) is 5.92 Å². The van der Waals surface area contributed by atoms with Crippen LogP contribution in [0.4, 0.5) is 11.8 Å². The Morgan fingerprint density at radius 2 is 2.33 bits per heavy atom. The number of rotatable bonds is 3. The Kier molecular flexibility index (Phi) is 2.75. The zero-order valence-electron chi connectivity index (χ0n) is 9.93. The van der Waals surface area contributed by atoms with Gasteiger partial charge >= 0.3 is 0 Å². The fourth-order valence-corrected chi connectivity index (χ4v) is 2.47. The maximum Gasteiger partial charge on any atom is 0.224 e. The molecule has 2 atom stereocenters. The molecule has 2 aromatic rings. The van der Waals surface area contributed by atoms with Crippen molar-refractivity contribution in [3.63, 3.8) is 0 Å². The molecule has 7 nitrogen and oxygen atoms in total. The summed E-state index contributed by atoms with van der Waals surface area (Å²) in [5.74, 6) is 1.16. The van der Waals surface area contributed by atoms with E-state index in [9.17, 15) is 5.11 Å². The number of hydrogen-bond acceptors (Lipinski definition) is 6. The number of fused-ring (bicyclic) bond motifs is 1. The Bertz CT molecular complexity index is 553. The molecule has 2 unspecified atom stereocenters. The summed E-state index contributed by atoms with van der Waals surface area (Å²) in [6, 6.07) is 0. The van der Waals surface area contributed by atoms with Crippen molar-refractivity contribution in [2.75, 3.05) is 17.6 Å². The number of H-pyrrole nitrogens is 1. The van der Waals surface area contributed by atoms with Crippen LogP contribution in [0.15, 0.2) is 6.20 Å². The van der Waals surface area contributed by atoms with E-state index in [1.807, 2.05) is 0 Å². The summed E-state index contributed by atoms with van der Waals surface area (Å²) in [5, 5.41) is 20.5. The van der Waals surface area contributed by atoms with Crippen molar-refractivity contribution >= 4 is 22.8 Å². The number of anilines is 2. The highest BCUT2D eigenvalue weighted by molar-refractivity contribution is 5.86. The van der Waals surface area contributed by atoms with Crippen LogP contribution >= 0.6 is 0 Å². The van der Waals surface area contributed by atoms with Gasteiger partial charge in [-0.05, 0) is 12.8 Å². The summed E-state index contributed by atoms with van der Waals surface area (Å²) in [6.07, 6.45) is 4.47. The second-order valence-electron chi connectivity index (χ2n) is 4.70. The van der Waals surface area contributed by atoms with Crippen LogP contribution in [0.1, 0.15) is 19.3 Å². The van der Waals surface area contributed by atoms with Crippen molar-refractivity contribution in [3.8, 4) is 0 Å². The fraction of sp³-hybridized carbons (Fsp3) is 0.545. The molecule has 1 aliphatic rings. The molecule has 2 aromatic heterocycles. The van der Waals surface area contributed by atoms with Crippen LogP contribution in [-0.2, 0) is 0 Å². The van der Waals surface area contributed by atoms with E-state index < -0.39 is 0 Å². The number of hydrogen-bond donors (Lipinski definition) is 4. The molecule has 5 N–H and O–H groups in total. The lowest BCUT2D eigenvalue weighted by Gasteiger charge is -2.15. The molecule has 0 spiro atoms. The molecule has 1 aliphatic carbocycles. The van der Waals surface area contributed by atoms with Gasteiger partial charge in [0, 0.05) is 12.5 Å². The maximum absolute atomic E-state index is 9.78. The van der Waals surface area contributed by atoms with Crippen LogP contribution in [0.25, 0.3) is 11.0 Å². The first-order chi connectivity index (χ1) is 8.74. The van der Waals surface area contributed by atoms with E-state index in [0.717, 1.165) is 24.6 Å². The Balaban J connectivity index is 1.79. The van der Waals surface area contributed by atoms with Crippen molar-refractivity contribution in [2.24, 2.45) is 5.92 Å². The number of nitrogen functional groups attached to an aromatic ring is 1. The minimum absolute atomic E-state index is 0.209. The highest BCUT2D eigenvalue weighted by Crippen LogP contribution is 2.26. The molecular formula is C11H16N6O. The lowest BCUT2D eigenvalue weighted by molar-refractivity contribution is 0.138. The molecule has 7 heteroatoms. The van der Waals surface area contributed by atoms with E-state index in [4.69, 9.17) is 5.73 Å². The zero-order chi connectivity index (χ0) is 12.5. The first-order valence-electron chi connectivity index (χ1n) is 6.12. The van der Waals surface area contributed by atoms with Gasteiger partial charge in [-0.25, -0.2) is 0 Å². The molecule has 0 bridgehead atoms. The fourth-order valence-electron chi connectivity index (χ4n) is 2.47. The lowest BCUT2D eigenvalue weighted by atomic mass is 10.1.